The number of methoxy groups -OCH3 is 1. The SMILES string of the molecule is COc1ccccc1C(=O)O[C@H](C)C(=O)c1cc(C)n(-c2ccc(Cl)cc2)c1C. The summed E-state index contributed by atoms with van der Waals surface area (Å²) in [6, 6.07) is 15.9. The maximum absolute atomic E-state index is 13.0. The van der Waals surface area contributed by atoms with Gasteiger partial charge in [-0.25, -0.2) is 4.79 Å². The molecule has 0 aliphatic rings. The van der Waals surface area contributed by atoms with Crippen molar-refractivity contribution >= 4 is 23.4 Å². The lowest BCUT2D eigenvalue weighted by Gasteiger charge is -2.14. The normalized spacial score (nSPS) is 11.8. The summed E-state index contributed by atoms with van der Waals surface area (Å²) in [5.41, 5.74) is 3.37. The van der Waals surface area contributed by atoms with E-state index in [0.29, 0.717) is 16.3 Å². The number of para-hydroxylation sites is 1. The van der Waals surface area contributed by atoms with Crippen LogP contribution in [0.5, 0.6) is 5.75 Å². The number of rotatable bonds is 6. The highest BCUT2D eigenvalue weighted by Gasteiger charge is 2.25. The molecule has 0 unspecified atom stereocenters. The van der Waals surface area contributed by atoms with Crippen LogP contribution in [0.25, 0.3) is 5.69 Å². The van der Waals surface area contributed by atoms with Crippen molar-refractivity contribution in [2.45, 2.75) is 26.9 Å². The van der Waals surface area contributed by atoms with Crippen molar-refractivity contribution in [3.05, 3.63) is 82.1 Å². The lowest BCUT2D eigenvalue weighted by atomic mass is 10.1. The van der Waals surface area contributed by atoms with Crippen LogP contribution in [0, 0.1) is 13.8 Å². The van der Waals surface area contributed by atoms with Crippen LogP contribution in [-0.4, -0.2) is 29.5 Å². The monoisotopic (exact) mass is 411 g/mol. The molecule has 5 nitrogen and oxygen atoms in total. The quantitative estimate of drug-likeness (QED) is 0.414. The summed E-state index contributed by atoms with van der Waals surface area (Å²) >= 11 is 5.98. The minimum atomic E-state index is -0.938. The molecule has 0 saturated heterocycles. The summed E-state index contributed by atoms with van der Waals surface area (Å²) in [5, 5.41) is 0.643. The third-order valence-corrected chi connectivity index (χ3v) is 5.01. The number of Topliss-reactive ketones (excluding diaryl/α,β-unsaturated/α-hetero) is 1. The number of esters is 1. The summed E-state index contributed by atoms with van der Waals surface area (Å²) in [4.78, 5) is 25.5. The molecule has 0 fully saturated rings. The zero-order valence-electron chi connectivity index (χ0n) is 16.7. The average molecular weight is 412 g/mol. The highest BCUT2D eigenvalue weighted by Crippen LogP contribution is 2.24. The Kier molecular flexibility index (Phi) is 6.09. The van der Waals surface area contributed by atoms with Crippen molar-refractivity contribution in [2.24, 2.45) is 0 Å². The van der Waals surface area contributed by atoms with Crippen molar-refractivity contribution in [3.8, 4) is 11.4 Å². The number of hydrogen-bond acceptors (Lipinski definition) is 4. The maximum atomic E-state index is 13.0. The molecule has 0 spiro atoms. The predicted molar refractivity (Wildman–Crippen MR) is 112 cm³/mol. The summed E-state index contributed by atoms with van der Waals surface area (Å²) in [7, 11) is 1.48. The Hall–Kier alpha value is -3.05. The van der Waals surface area contributed by atoms with Crippen molar-refractivity contribution in [3.63, 3.8) is 0 Å². The largest absolute Gasteiger partial charge is 0.496 e. The van der Waals surface area contributed by atoms with Gasteiger partial charge in [-0.3, -0.25) is 4.79 Å². The van der Waals surface area contributed by atoms with E-state index in [1.807, 2.05) is 30.5 Å². The molecule has 0 radical (unpaired) electrons. The van der Waals surface area contributed by atoms with E-state index in [4.69, 9.17) is 21.1 Å². The van der Waals surface area contributed by atoms with E-state index < -0.39 is 12.1 Å². The third kappa shape index (κ3) is 4.20. The molecule has 1 heterocycles. The molecule has 2 aromatic carbocycles. The molecule has 0 amide bonds. The number of halogens is 1. The van der Waals surface area contributed by atoms with Gasteiger partial charge in [-0.05, 0) is 63.2 Å². The molecule has 0 N–H and O–H groups in total. The van der Waals surface area contributed by atoms with Gasteiger partial charge in [0.15, 0.2) is 6.10 Å². The predicted octanol–water partition coefficient (Wildman–Crippen LogP) is 5.18. The summed E-state index contributed by atoms with van der Waals surface area (Å²) in [6.07, 6.45) is -0.938. The van der Waals surface area contributed by atoms with Gasteiger partial charge in [0.25, 0.3) is 0 Å². The molecule has 0 aliphatic carbocycles. The van der Waals surface area contributed by atoms with E-state index in [-0.39, 0.29) is 11.3 Å². The second kappa shape index (κ2) is 8.53. The first-order valence-corrected chi connectivity index (χ1v) is 9.54. The zero-order chi connectivity index (χ0) is 21.1. The van der Waals surface area contributed by atoms with Crippen molar-refractivity contribution in [1.29, 1.82) is 0 Å². The molecule has 150 valence electrons. The van der Waals surface area contributed by atoms with Crippen LogP contribution < -0.4 is 4.74 Å². The van der Waals surface area contributed by atoms with Crippen molar-refractivity contribution < 1.29 is 19.1 Å². The Bertz CT molecular complexity index is 1050. The number of aryl methyl sites for hydroxylation is 1. The average Bonchev–Trinajstić information content (AvgIpc) is 3.02. The fourth-order valence-corrected chi connectivity index (χ4v) is 3.44. The highest BCUT2D eigenvalue weighted by molar-refractivity contribution is 6.30. The van der Waals surface area contributed by atoms with Crippen LogP contribution in [0.1, 0.15) is 39.0 Å². The number of hydrogen-bond donors (Lipinski definition) is 0. The molecule has 0 bridgehead atoms. The number of carbonyl (C=O) groups excluding carboxylic acids is 2. The molecule has 6 heteroatoms. The van der Waals surface area contributed by atoms with E-state index >= 15 is 0 Å². The Balaban J connectivity index is 1.84. The maximum Gasteiger partial charge on any atom is 0.342 e. The Morgan fingerprint density at radius 3 is 2.31 bits per heavy atom. The van der Waals surface area contributed by atoms with Crippen LogP contribution in [0.4, 0.5) is 0 Å². The van der Waals surface area contributed by atoms with Gasteiger partial charge >= 0.3 is 5.97 Å². The van der Waals surface area contributed by atoms with Crippen LogP contribution in [0.15, 0.2) is 54.6 Å². The van der Waals surface area contributed by atoms with Gasteiger partial charge in [0.2, 0.25) is 5.78 Å². The zero-order valence-corrected chi connectivity index (χ0v) is 17.5. The van der Waals surface area contributed by atoms with Crippen molar-refractivity contribution in [1.82, 2.24) is 4.57 Å². The molecular formula is C23H22ClNO4. The number of aromatic nitrogens is 1. The lowest BCUT2D eigenvalue weighted by Crippen LogP contribution is -2.25. The van der Waals surface area contributed by atoms with Gasteiger partial charge in [-0.15, -0.1) is 0 Å². The number of benzene rings is 2. The number of carbonyl (C=O) groups is 2. The van der Waals surface area contributed by atoms with E-state index in [1.54, 1.807) is 49.4 Å². The second-order valence-electron chi connectivity index (χ2n) is 6.71. The van der Waals surface area contributed by atoms with E-state index in [1.165, 1.54) is 7.11 Å². The molecular weight excluding hydrogens is 390 g/mol. The Labute approximate surface area is 174 Å². The molecule has 3 rings (SSSR count). The van der Waals surface area contributed by atoms with E-state index in [0.717, 1.165) is 17.1 Å². The summed E-state index contributed by atoms with van der Waals surface area (Å²) in [5.74, 6) is -0.463. The molecule has 29 heavy (non-hydrogen) atoms. The highest BCUT2D eigenvalue weighted by atomic mass is 35.5. The Morgan fingerprint density at radius 1 is 1.00 bits per heavy atom. The number of ether oxygens (including phenoxy) is 2. The van der Waals surface area contributed by atoms with Crippen LogP contribution in [0.3, 0.4) is 0 Å². The molecule has 1 aromatic heterocycles. The fraction of sp³-hybridized carbons (Fsp3) is 0.217. The van der Waals surface area contributed by atoms with Crippen LogP contribution in [-0.2, 0) is 4.74 Å². The van der Waals surface area contributed by atoms with Gasteiger partial charge in [0, 0.05) is 27.7 Å². The van der Waals surface area contributed by atoms with Crippen LogP contribution >= 0.6 is 11.6 Å². The second-order valence-corrected chi connectivity index (χ2v) is 7.15. The van der Waals surface area contributed by atoms with Gasteiger partial charge in [0.05, 0.1) is 7.11 Å². The standard InChI is InChI=1S/C23H22ClNO4/c1-14-13-20(15(2)25(14)18-11-9-17(24)10-12-18)22(26)16(3)29-23(27)19-7-5-6-8-21(19)28-4/h5-13,16H,1-4H3/t16-/m1/s1. The fourth-order valence-electron chi connectivity index (χ4n) is 3.31. The lowest BCUT2D eigenvalue weighted by molar-refractivity contribution is 0.0315. The minimum absolute atomic E-state index is 0.262. The first-order valence-electron chi connectivity index (χ1n) is 9.16. The van der Waals surface area contributed by atoms with Crippen LogP contribution in [0.2, 0.25) is 5.02 Å². The number of nitrogens with zero attached hydrogens (tertiary/aromatic N) is 1. The van der Waals surface area contributed by atoms with E-state index in [2.05, 4.69) is 0 Å². The minimum Gasteiger partial charge on any atom is -0.496 e. The molecule has 1 atom stereocenters. The first-order chi connectivity index (χ1) is 13.8. The van der Waals surface area contributed by atoms with Crippen molar-refractivity contribution in [2.75, 3.05) is 7.11 Å². The summed E-state index contributed by atoms with van der Waals surface area (Å²) < 4.78 is 12.6. The van der Waals surface area contributed by atoms with Gasteiger partial charge in [-0.2, -0.15) is 0 Å². The number of ketones is 1. The smallest absolute Gasteiger partial charge is 0.342 e. The topological polar surface area (TPSA) is 57.5 Å². The molecule has 0 aliphatic heterocycles. The molecule has 0 saturated carbocycles. The first kappa shape index (κ1) is 20.7. The van der Waals surface area contributed by atoms with E-state index in [9.17, 15) is 9.59 Å². The van der Waals surface area contributed by atoms with Gasteiger partial charge < -0.3 is 14.0 Å². The van der Waals surface area contributed by atoms with Gasteiger partial charge in [-0.1, -0.05) is 23.7 Å². The molecule has 3 aromatic rings. The van der Waals surface area contributed by atoms with Gasteiger partial charge in [0.1, 0.15) is 11.3 Å². The Morgan fingerprint density at radius 2 is 1.66 bits per heavy atom. The third-order valence-electron chi connectivity index (χ3n) is 4.76. The summed E-state index contributed by atoms with van der Waals surface area (Å²) in [6.45, 7) is 5.36.